The molecule has 1 heterocycles. The molecule has 9 nitrogen and oxygen atoms in total. The molecule has 2 aromatic carbocycles. The minimum Gasteiger partial charge on any atom is -0.490 e. The standard InChI is InChI=1S/C26H27BrN2O7S/c1-5-29-24(31)21(37-26(29)28-18-10-8-17(9-11-18)25(32)33-4)14-16-12-19(27)23(20(13-16)34-6-2)36-15-22(30)35-7-3/h8-14H,5-7,15H2,1-4H3/b21-14-,28-26?. The average Bonchev–Trinajstić information content (AvgIpc) is 3.17. The molecule has 196 valence electrons. The summed E-state index contributed by atoms with van der Waals surface area (Å²) in [5, 5.41) is 0.531. The SMILES string of the molecule is CCOC(=O)COc1c(Br)cc(/C=C2\SC(=Nc3ccc(C(=O)OC)cc3)N(CC)C2=O)cc1OCC. The molecule has 1 aliphatic rings. The fourth-order valence-electron chi connectivity index (χ4n) is 3.33. The van der Waals surface area contributed by atoms with Gasteiger partial charge in [-0.1, -0.05) is 0 Å². The van der Waals surface area contributed by atoms with Crippen molar-refractivity contribution < 1.29 is 33.3 Å². The van der Waals surface area contributed by atoms with Gasteiger partial charge >= 0.3 is 11.9 Å². The summed E-state index contributed by atoms with van der Waals surface area (Å²) in [7, 11) is 1.32. The minimum atomic E-state index is -0.484. The van der Waals surface area contributed by atoms with Crippen LogP contribution in [0.2, 0.25) is 0 Å². The number of halogens is 1. The predicted octanol–water partition coefficient (Wildman–Crippen LogP) is 5.20. The molecule has 0 N–H and O–H groups in total. The molecule has 0 bridgehead atoms. The van der Waals surface area contributed by atoms with E-state index in [1.54, 1.807) is 54.3 Å². The number of thioether (sulfide) groups is 1. The normalized spacial score (nSPS) is 15.3. The average molecular weight is 591 g/mol. The number of benzene rings is 2. The zero-order valence-corrected chi connectivity index (χ0v) is 23.3. The molecular formula is C26H27BrN2O7S. The van der Waals surface area contributed by atoms with Crippen LogP contribution < -0.4 is 9.47 Å². The summed E-state index contributed by atoms with van der Waals surface area (Å²) in [5.74, 6) is -0.290. The van der Waals surface area contributed by atoms with Crippen LogP contribution in [-0.2, 0) is 19.1 Å². The van der Waals surface area contributed by atoms with Crippen molar-refractivity contribution in [3.8, 4) is 11.5 Å². The van der Waals surface area contributed by atoms with E-state index in [-0.39, 0.29) is 19.1 Å². The molecule has 1 saturated heterocycles. The van der Waals surface area contributed by atoms with Crippen LogP contribution in [0.5, 0.6) is 11.5 Å². The lowest BCUT2D eigenvalue weighted by Gasteiger charge is -2.14. The van der Waals surface area contributed by atoms with E-state index in [1.165, 1.54) is 18.9 Å². The Bertz CT molecular complexity index is 1230. The molecule has 1 aliphatic heterocycles. The smallest absolute Gasteiger partial charge is 0.344 e. The Labute approximate surface area is 227 Å². The van der Waals surface area contributed by atoms with Gasteiger partial charge in [-0.3, -0.25) is 9.69 Å². The summed E-state index contributed by atoms with van der Waals surface area (Å²) in [4.78, 5) is 43.2. The van der Waals surface area contributed by atoms with Crippen molar-refractivity contribution >= 4 is 62.5 Å². The highest BCUT2D eigenvalue weighted by atomic mass is 79.9. The molecule has 11 heteroatoms. The molecule has 0 unspecified atom stereocenters. The van der Waals surface area contributed by atoms with Crippen molar-refractivity contribution in [2.45, 2.75) is 20.8 Å². The first-order valence-electron chi connectivity index (χ1n) is 11.5. The van der Waals surface area contributed by atoms with Crippen LogP contribution in [-0.4, -0.2) is 61.4 Å². The van der Waals surface area contributed by atoms with Crippen LogP contribution in [0, 0.1) is 0 Å². The zero-order chi connectivity index (χ0) is 26.9. The second-order valence-corrected chi connectivity index (χ2v) is 9.31. The number of hydrogen-bond donors (Lipinski definition) is 0. The highest BCUT2D eigenvalue weighted by Gasteiger charge is 2.32. The van der Waals surface area contributed by atoms with Gasteiger partial charge in [0.25, 0.3) is 5.91 Å². The van der Waals surface area contributed by atoms with E-state index in [4.69, 9.17) is 18.9 Å². The quantitative estimate of drug-likeness (QED) is 0.275. The maximum Gasteiger partial charge on any atom is 0.344 e. The van der Waals surface area contributed by atoms with Crippen molar-refractivity contribution in [1.29, 1.82) is 0 Å². The van der Waals surface area contributed by atoms with E-state index < -0.39 is 11.9 Å². The second kappa shape index (κ2) is 13.3. The number of aliphatic imine (C=N–C) groups is 1. The van der Waals surface area contributed by atoms with Gasteiger partial charge < -0.3 is 18.9 Å². The van der Waals surface area contributed by atoms with Gasteiger partial charge in [-0.2, -0.15) is 0 Å². The van der Waals surface area contributed by atoms with Crippen molar-refractivity contribution in [3.63, 3.8) is 0 Å². The number of carbonyl (C=O) groups is 3. The van der Waals surface area contributed by atoms with Gasteiger partial charge in [-0.05, 0) is 96.5 Å². The number of methoxy groups -OCH3 is 1. The van der Waals surface area contributed by atoms with Gasteiger partial charge in [0.05, 0.1) is 41.0 Å². The number of rotatable bonds is 10. The van der Waals surface area contributed by atoms with Crippen molar-refractivity contribution in [1.82, 2.24) is 4.90 Å². The highest BCUT2D eigenvalue weighted by Crippen LogP contribution is 2.39. The minimum absolute atomic E-state index is 0.172. The van der Waals surface area contributed by atoms with E-state index in [9.17, 15) is 14.4 Å². The Hall–Kier alpha value is -3.31. The summed E-state index contributed by atoms with van der Waals surface area (Å²) in [6, 6.07) is 10.2. The first-order chi connectivity index (χ1) is 17.8. The first-order valence-corrected chi connectivity index (χ1v) is 13.1. The summed E-state index contributed by atoms with van der Waals surface area (Å²) < 4.78 is 21.6. The molecular weight excluding hydrogens is 564 g/mol. The molecule has 0 atom stereocenters. The number of ether oxygens (including phenoxy) is 4. The molecule has 0 saturated carbocycles. The van der Waals surface area contributed by atoms with Crippen molar-refractivity contribution in [2.24, 2.45) is 4.99 Å². The fourth-order valence-corrected chi connectivity index (χ4v) is 4.97. The highest BCUT2D eigenvalue weighted by molar-refractivity contribution is 9.10. The largest absolute Gasteiger partial charge is 0.490 e. The fraction of sp³-hybridized carbons (Fsp3) is 0.308. The summed E-state index contributed by atoms with van der Waals surface area (Å²) >= 11 is 4.73. The molecule has 0 radical (unpaired) electrons. The number of hydrogen-bond acceptors (Lipinski definition) is 9. The van der Waals surface area contributed by atoms with Crippen LogP contribution in [0.15, 0.2) is 50.8 Å². The molecule has 37 heavy (non-hydrogen) atoms. The van der Waals surface area contributed by atoms with E-state index in [2.05, 4.69) is 20.9 Å². The van der Waals surface area contributed by atoms with E-state index in [0.29, 0.717) is 56.0 Å². The number of likely N-dealkylation sites (N-methyl/N-ethyl adjacent to an activating group) is 1. The van der Waals surface area contributed by atoms with Crippen LogP contribution in [0.4, 0.5) is 5.69 Å². The number of esters is 2. The second-order valence-electron chi connectivity index (χ2n) is 7.45. The van der Waals surface area contributed by atoms with E-state index >= 15 is 0 Å². The number of amides is 1. The summed E-state index contributed by atoms with van der Waals surface area (Å²) in [6.45, 7) is 6.26. The molecule has 1 fully saturated rings. The predicted molar refractivity (Wildman–Crippen MR) is 145 cm³/mol. The molecule has 1 amide bonds. The van der Waals surface area contributed by atoms with Gasteiger partial charge in [-0.25, -0.2) is 14.6 Å². The van der Waals surface area contributed by atoms with E-state index in [0.717, 1.165) is 0 Å². The molecule has 3 rings (SSSR count). The summed E-state index contributed by atoms with van der Waals surface area (Å²) in [6.07, 6.45) is 1.75. The lowest BCUT2D eigenvalue weighted by atomic mass is 10.2. The molecule has 0 spiro atoms. The summed E-state index contributed by atoms with van der Waals surface area (Å²) in [5.41, 5.74) is 1.72. The monoisotopic (exact) mass is 590 g/mol. The van der Waals surface area contributed by atoms with E-state index in [1.807, 2.05) is 13.8 Å². The Morgan fingerprint density at radius 1 is 1.08 bits per heavy atom. The topological polar surface area (TPSA) is 104 Å². The number of carbonyl (C=O) groups excluding carboxylic acids is 3. The molecule has 2 aromatic rings. The third-order valence-corrected chi connectivity index (χ3v) is 6.58. The van der Waals surface area contributed by atoms with Crippen molar-refractivity contribution in [2.75, 3.05) is 33.5 Å². The Morgan fingerprint density at radius 3 is 2.43 bits per heavy atom. The van der Waals surface area contributed by atoms with Crippen LogP contribution in [0.25, 0.3) is 6.08 Å². The van der Waals surface area contributed by atoms with Gasteiger partial charge in [0.2, 0.25) is 0 Å². The number of nitrogens with zero attached hydrogens (tertiary/aromatic N) is 2. The van der Waals surface area contributed by atoms with Crippen molar-refractivity contribution in [3.05, 3.63) is 56.9 Å². The molecule has 0 aromatic heterocycles. The van der Waals surface area contributed by atoms with Gasteiger partial charge in [0.15, 0.2) is 23.3 Å². The third-order valence-electron chi connectivity index (χ3n) is 4.99. The lowest BCUT2D eigenvalue weighted by Crippen LogP contribution is -2.28. The zero-order valence-electron chi connectivity index (χ0n) is 20.9. The third kappa shape index (κ3) is 7.14. The Morgan fingerprint density at radius 2 is 1.81 bits per heavy atom. The lowest BCUT2D eigenvalue weighted by molar-refractivity contribution is -0.145. The van der Waals surface area contributed by atoms with Crippen LogP contribution in [0.3, 0.4) is 0 Å². The first kappa shape index (κ1) is 28.3. The Balaban J connectivity index is 1.88. The van der Waals surface area contributed by atoms with Crippen LogP contribution in [0.1, 0.15) is 36.7 Å². The maximum absolute atomic E-state index is 13.1. The maximum atomic E-state index is 13.1. The number of amidine groups is 1. The van der Waals surface area contributed by atoms with Crippen LogP contribution >= 0.6 is 27.7 Å². The van der Waals surface area contributed by atoms with Gasteiger partial charge in [0.1, 0.15) is 0 Å². The Kier molecular flexibility index (Phi) is 10.2. The molecule has 0 aliphatic carbocycles. The van der Waals surface area contributed by atoms with Gasteiger partial charge in [-0.15, -0.1) is 0 Å². The van der Waals surface area contributed by atoms with Gasteiger partial charge in [0, 0.05) is 6.54 Å².